The highest BCUT2D eigenvalue weighted by atomic mass is 32.2. The van der Waals surface area contributed by atoms with E-state index in [4.69, 9.17) is 17.0 Å². The van der Waals surface area contributed by atoms with Gasteiger partial charge < -0.3 is 4.74 Å². The lowest BCUT2D eigenvalue weighted by molar-refractivity contribution is -0.122. The molecule has 1 aliphatic heterocycles. The Morgan fingerprint density at radius 1 is 0.933 bits per heavy atom. The number of benzene rings is 3. The molecule has 3 nitrogen and oxygen atoms in total. The topological polar surface area (TPSA) is 29.5 Å². The Labute approximate surface area is 184 Å². The third kappa shape index (κ3) is 4.96. The van der Waals surface area contributed by atoms with Gasteiger partial charge in [0.25, 0.3) is 5.91 Å². The van der Waals surface area contributed by atoms with Crippen LogP contribution < -0.4 is 4.74 Å². The number of thiocarbonyl (C=S) groups is 1. The summed E-state index contributed by atoms with van der Waals surface area (Å²) in [6, 6.07) is 23.5. The molecule has 0 atom stereocenters. The highest BCUT2D eigenvalue weighted by molar-refractivity contribution is 8.26. The molecule has 0 aromatic heterocycles. The molecule has 0 saturated carbocycles. The fourth-order valence-electron chi connectivity index (χ4n) is 2.96. The first-order valence-electron chi connectivity index (χ1n) is 9.35. The van der Waals surface area contributed by atoms with E-state index >= 15 is 0 Å². The maximum absolute atomic E-state index is 13.0. The summed E-state index contributed by atoms with van der Waals surface area (Å²) in [5, 5.41) is 0. The third-order valence-corrected chi connectivity index (χ3v) is 5.93. The van der Waals surface area contributed by atoms with Crippen LogP contribution in [0.15, 0.2) is 83.8 Å². The van der Waals surface area contributed by atoms with E-state index in [1.165, 1.54) is 23.9 Å². The fraction of sp³-hybridized carbons (Fsp3) is 0.0833. The number of rotatable bonds is 6. The molecule has 0 bridgehead atoms. The average Bonchev–Trinajstić information content (AvgIpc) is 3.02. The van der Waals surface area contributed by atoms with Gasteiger partial charge in [0.2, 0.25) is 0 Å². The van der Waals surface area contributed by atoms with E-state index in [9.17, 15) is 9.18 Å². The van der Waals surface area contributed by atoms with E-state index in [1.807, 2.05) is 60.7 Å². The highest BCUT2D eigenvalue weighted by Crippen LogP contribution is 2.33. The predicted molar refractivity (Wildman–Crippen MR) is 122 cm³/mol. The summed E-state index contributed by atoms with van der Waals surface area (Å²) in [5.74, 6) is 0.357. The molecule has 150 valence electrons. The Morgan fingerprint density at radius 2 is 1.63 bits per heavy atom. The molecule has 3 aromatic rings. The Kier molecular flexibility index (Phi) is 6.26. The molecule has 0 spiro atoms. The number of hydrogen-bond acceptors (Lipinski definition) is 4. The standard InChI is InChI=1S/C24H18FNO2S2/c25-20-10-6-19(7-11-20)16-28-21-12-8-17(9-13-21)14-22-23(27)26(24(29)30-22)15-18-4-2-1-3-5-18/h1-14H,15-16H2. The first-order valence-corrected chi connectivity index (χ1v) is 10.6. The molecule has 6 heteroatoms. The molecule has 30 heavy (non-hydrogen) atoms. The molecule has 1 fully saturated rings. The van der Waals surface area contributed by atoms with E-state index in [-0.39, 0.29) is 11.7 Å². The van der Waals surface area contributed by atoms with Crippen molar-refractivity contribution in [1.29, 1.82) is 0 Å². The van der Waals surface area contributed by atoms with Crippen molar-refractivity contribution in [2.45, 2.75) is 13.2 Å². The van der Waals surface area contributed by atoms with Gasteiger partial charge in [-0.15, -0.1) is 0 Å². The van der Waals surface area contributed by atoms with Crippen molar-refractivity contribution >= 4 is 40.3 Å². The van der Waals surface area contributed by atoms with Crippen molar-refractivity contribution in [3.63, 3.8) is 0 Å². The van der Waals surface area contributed by atoms with Crippen LogP contribution in [0, 0.1) is 5.82 Å². The summed E-state index contributed by atoms with van der Waals surface area (Å²) in [7, 11) is 0. The predicted octanol–water partition coefficient (Wildman–Crippen LogP) is 5.81. The number of amides is 1. The molecular formula is C24H18FNO2S2. The molecule has 4 rings (SSSR count). The monoisotopic (exact) mass is 435 g/mol. The molecule has 0 unspecified atom stereocenters. The van der Waals surface area contributed by atoms with E-state index in [0.717, 1.165) is 16.7 Å². The summed E-state index contributed by atoms with van der Waals surface area (Å²) in [6.45, 7) is 0.830. The van der Waals surface area contributed by atoms with Crippen LogP contribution in [-0.4, -0.2) is 15.1 Å². The van der Waals surface area contributed by atoms with Crippen LogP contribution in [-0.2, 0) is 17.9 Å². The Hall–Kier alpha value is -2.96. The normalized spacial score (nSPS) is 15.1. The molecule has 0 aliphatic carbocycles. The minimum Gasteiger partial charge on any atom is -0.489 e. The maximum Gasteiger partial charge on any atom is 0.266 e. The van der Waals surface area contributed by atoms with Gasteiger partial charge in [-0.1, -0.05) is 78.6 Å². The number of hydrogen-bond donors (Lipinski definition) is 0. The van der Waals surface area contributed by atoms with Gasteiger partial charge in [0.05, 0.1) is 11.4 Å². The second-order valence-corrected chi connectivity index (χ2v) is 8.41. The van der Waals surface area contributed by atoms with Crippen molar-refractivity contribution in [3.8, 4) is 5.75 Å². The number of carbonyl (C=O) groups excluding carboxylic acids is 1. The second-order valence-electron chi connectivity index (χ2n) is 6.74. The number of ether oxygens (including phenoxy) is 1. The zero-order valence-electron chi connectivity index (χ0n) is 16.0. The largest absolute Gasteiger partial charge is 0.489 e. The number of thioether (sulfide) groups is 1. The molecule has 0 N–H and O–H groups in total. The van der Waals surface area contributed by atoms with Gasteiger partial charge in [0.1, 0.15) is 22.5 Å². The lowest BCUT2D eigenvalue weighted by atomic mass is 10.2. The van der Waals surface area contributed by atoms with Crippen LogP contribution in [0.4, 0.5) is 4.39 Å². The highest BCUT2D eigenvalue weighted by Gasteiger charge is 2.31. The summed E-state index contributed by atoms with van der Waals surface area (Å²) in [5.41, 5.74) is 2.82. The minimum atomic E-state index is -0.266. The molecule has 1 saturated heterocycles. The van der Waals surface area contributed by atoms with Gasteiger partial charge in [-0.2, -0.15) is 0 Å². The zero-order chi connectivity index (χ0) is 20.9. The number of carbonyl (C=O) groups is 1. The Bertz CT molecular complexity index is 1080. The van der Waals surface area contributed by atoms with Gasteiger partial charge in [-0.05, 0) is 47.0 Å². The van der Waals surface area contributed by atoms with Crippen LogP contribution in [0.3, 0.4) is 0 Å². The van der Waals surface area contributed by atoms with Crippen molar-refractivity contribution in [2.24, 2.45) is 0 Å². The molecule has 1 heterocycles. The Morgan fingerprint density at radius 3 is 2.33 bits per heavy atom. The average molecular weight is 436 g/mol. The van der Waals surface area contributed by atoms with Crippen molar-refractivity contribution in [2.75, 3.05) is 0 Å². The SMILES string of the molecule is O=C1C(=Cc2ccc(OCc3ccc(F)cc3)cc2)SC(=S)N1Cc1ccccc1. The number of halogens is 1. The summed E-state index contributed by atoms with van der Waals surface area (Å²) in [4.78, 5) is 15.0. The van der Waals surface area contributed by atoms with E-state index in [1.54, 1.807) is 17.0 Å². The van der Waals surface area contributed by atoms with Crippen molar-refractivity contribution in [3.05, 3.63) is 106 Å². The van der Waals surface area contributed by atoms with Gasteiger partial charge in [-0.3, -0.25) is 9.69 Å². The maximum atomic E-state index is 13.0. The third-order valence-electron chi connectivity index (χ3n) is 4.55. The molecule has 3 aromatic carbocycles. The lowest BCUT2D eigenvalue weighted by Gasteiger charge is -2.14. The first-order chi connectivity index (χ1) is 14.6. The quantitative estimate of drug-likeness (QED) is 0.361. The van der Waals surface area contributed by atoms with Gasteiger partial charge in [0, 0.05) is 0 Å². The van der Waals surface area contributed by atoms with Crippen LogP contribution in [0.5, 0.6) is 5.75 Å². The van der Waals surface area contributed by atoms with Crippen molar-refractivity contribution < 1.29 is 13.9 Å². The fourth-order valence-corrected chi connectivity index (χ4v) is 4.22. The van der Waals surface area contributed by atoms with Crippen LogP contribution in [0.25, 0.3) is 6.08 Å². The summed E-state index contributed by atoms with van der Waals surface area (Å²) in [6.07, 6.45) is 1.84. The van der Waals surface area contributed by atoms with Gasteiger partial charge in [-0.25, -0.2) is 4.39 Å². The second kappa shape index (κ2) is 9.24. The summed E-state index contributed by atoms with van der Waals surface area (Å²) < 4.78 is 19.3. The molecule has 0 radical (unpaired) electrons. The van der Waals surface area contributed by atoms with Crippen molar-refractivity contribution in [1.82, 2.24) is 4.90 Å². The lowest BCUT2D eigenvalue weighted by Crippen LogP contribution is -2.27. The molecule has 1 aliphatic rings. The molecule has 1 amide bonds. The minimum absolute atomic E-state index is 0.0783. The van der Waals surface area contributed by atoms with Crippen LogP contribution in [0.1, 0.15) is 16.7 Å². The van der Waals surface area contributed by atoms with Gasteiger partial charge >= 0.3 is 0 Å². The van der Waals surface area contributed by atoms with E-state index < -0.39 is 0 Å². The van der Waals surface area contributed by atoms with E-state index in [0.29, 0.717) is 28.1 Å². The van der Waals surface area contributed by atoms with E-state index in [2.05, 4.69) is 0 Å². The summed E-state index contributed by atoms with van der Waals surface area (Å²) >= 11 is 6.72. The van der Waals surface area contributed by atoms with Crippen LogP contribution >= 0.6 is 24.0 Å². The number of nitrogens with zero attached hydrogens (tertiary/aromatic N) is 1. The Balaban J connectivity index is 1.40. The van der Waals surface area contributed by atoms with Crippen LogP contribution in [0.2, 0.25) is 0 Å². The van der Waals surface area contributed by atoms with Gasteiger partial charge in [0.15, 0.2) is 0 Å². The smallest absolute Gasteiger partial charge is 0.266 e. The zero-order valence-corrected chi connectivity index (χ0v) is 17.6. The molecular weight excluding hydrogens is 417 g/mol. The first kappa shape index (κ1) is 20.3.